The summed E-state index contributed by atoms with van der Waals surface area (Å²) >= 11 is 5.48. The molecular formula is C14H14BrNS. The molecule has 88 valence electrons. The summed E-state index contributed by atoms with van der Waals surface area (Å²) in [6, 6.07) is 10.8. The standard InChI is InChI=1S/C14H14BrNS/c15-12-6-8-17-14(12)9-10-5-7-16-13-4-2-1-3-11(10)13/h1-4,6,8,10,16H,5,7,9H2. The summed E-state index contributed by atoms with van der Waals surface area (Å²) in [6.07, 6.45) is 2.37. The molecule has 17 heavy (non-hydrogen) atoms. The number of hydrogen-bond donors (Lipinski definition) is 1. The summed E-state index contributed by atoms with van der Waals surface area (Å²) in [7, 11) is 0. The van der Waals surface area contributed by atoms with E-state index in [0.29, 0.717) is 5.92 Å². The Kier molecular flexibility index (Phi) is 3.21. The average molecular weight is 308 g/mol. The normalized spacial score (nSPS) is 18.5. The van der Waals surface area contributed by atoms with Gasteiger partial charge in [-0.05, 0) is 57.8 Å². The van der Waals surface area contributed by atoms with Crippen molar-refractivity contribution in [3.63, 3.8) is 0 Å². The molecule has 1 unspecified atom stereocenters. The van der Waals surface area contributed by atoms with Crippen molar-refractivity contribution in [3.8, 4) is 0 Å². The second kappa shape index (κ2) is 4.83. The Morgan fingerprint density at radius 2 is 2.18 bits per heavy atom. The topological polar surface area (TPSA) is 12.0 Å². The van der Waals surface area contributed by atoms with Crippen LogP contribution in [0.5, 0.6) is 0 Å². The molecule has 0 bridgehead atoms. The van der Waals surface area contributed by atoms with Crippen LogP contribution in [0.4, 0.5) is 5.69 Å². The Balaban J connectivity index is 1.88. The van der Waals surface area contributed by atoms with E-state index in [9.17, 15) is 0 Å². The highest BCUT2D eigenvalue weighted by Gasteiger charge is 2.20. The van der Waals surface area contributed by atoms with Gasteiger partial charge in [0.2, 0.25) is 0 Å². The molecule has 0 radical (unpaired) electrons. The Hall–Kier alpha value is -0.800. The maximum Gasteiger partial charge on any atom is 0.0375 e. The zero-order chi connectivity index (χ0) is 11.7. The summed E-state index contributed by atoms with van der Waals surface area (Å²) in [5.74, 6) is 0.655. The molecule has 1 N–H and O–H groups in total. The molecule has 0 fully saturated rings. The van der Waals surface area contributed by atoms with Gasteiger partial charge in [0.25, 0.3) is 0 Å². The first-order chi connectivity index (χ1) is 8.34. The largest absolute Gasteiger partial charge is 0.385 e. The maximum absolute atomic E-state index is 3.63. The minimum atomic E-state index is 0.655. The lowest BCUT2D eigenvalue weighted by atomic mass is 9.88. The molecule has 3 rings (SSSR count). The second-order valence-corrected chi connectivity index (χ2v) is 6.25. The van der Waals surface area contributed by atoms with Gasteiger partial charge in [0.05, 0.1) is 0 Å². The first-order valence-electron chi connectivity index (χ1n) is 5.89. The number of halogens is 1. The van der Waals surface area contributed by atoms with E-state index in [0.717, 1.165) is 13.0 Å². The number of para-hydroxylation sites is 1. The van der Waals surface area contributed by atoms with Crippen molar-refractivity contribution < 1.29 is 0 Å². The molecule has 2 heterocycles. The Bertz CT molecular complexity index is 520. The van der Waals surface area contributed by atoms with Crippen LogP contribution in [-0.4, -0.2) is 6.54 Å². The highest BCUT2D eigenvalue weighted by atomic mass is 79.9. The fourth-order valence-corrected chi connectivity index (χ4v) is 4.05. The lowest BCUT2D eigenvalue weighted by molar-refractivity contribution is 0.628. The molecule has 1 aromatic carbocycles. The van der Waals surface area contributed by atoms with E-state index in [1.54, 1.807) is 0 Å². The summed E-state index contributed by atoms with van der Waals surface area (Å²) in [5.41, 5.74) is 2.79. The predicted molar refractivity (Wildman–Crippen MR) is 78.0 cm³/mol. The third-order valence-corrected chi connectivity index (χ3v) is 5.28. The lowest BCUT2D eigenvalue weighted by Crippen LogP contribution is -2.17. The first kappa shape index (κ1) is 11.3. The minimum absolute atomic E-state index is 0.655. The molecule has 1 aliphatic heterocycles. The number of rotatable bonds is 2. The first-order valence-corrected chi connectivity index (χ1v) is 7.56. The van der Waals surface area contributed by atoms with Crippen molar-refractivity contribution in [1.29, 1.82) is 0 Å². The van der Waals surface area contributed by atoms with Crippen molar-refractivity contribution in [2.24, 2.45) is 0 Å². The van der Waals surface area contributed by atoms with Gasteiger partial charge >= 0.3 is 0 Å². The highest BCUT2D eigenvalue weighted by Crippen LogP contribution is 2.36. The molecule has 0 saturated heterocycles. The van der Waals surface area contributed by atoms with Crippen LogP contribution >= 0.6 is 27.3 Å². The Morgan fingerprint density at radius 1 is 1.29 bits per heavy atom. The van der Waals surface area contributed by atoms with E-state index >= 15 is 0 Å². The molecule has 3 heteroatoms. The van der Waals surface area contributed by atoms with Crippen molar-refractivity contribution in [3.05, 3.63) is 50.6 Å². The van der Waals surface area contributed by atoms with Gasteiger partial charge in [0.15, 0.2) is 0 Å². The average Bonchev–Trinajstić information content (AvgIpc) is 2.76. The van der Waals surface area contributed by atoms with E-state index in [4.69, 9.17) is 0 Å². The van der Waals surface area contributed by atoms with Gasteiger partial charge in [-0.15, -0.1) is 11.3 Å². The zero-order valence-electron chi connectivity index (χ0n) is 9.45. The van der Waals surface area contributed by atoms with Crippen molar-refractivity contribution in [2.75, 3.05) is 11.9 Å². The smallest absolute Gasteiger partial charge is 0.0375 e. The fourth-order valence-electron chi connectivity index (χ4n) is 2.46. The molecule has 1 atom stereocenters. The third-order valence-electron chi connectivity index (χ3n) is 3.33. The summed E-state index contributed by atoms with van der Waals surface area (Å²) in [5, 5.41) is 5.64. The van der Waals surface area contributed by atoms with Crippen molar-refractivity contribution >= 4 is 33.0 Å². The van der Waals surface area contributed by atoms with E-state index in [2.05, 4.69) is 57.0 Å². The molecular weight excluding hydrogens is 294 g/mol. The molecule has 0 saturated carbocycles. The van der Waals surface area contributed by atoms with E-state index in [1.807, 2.05) is 11.3 Å². The Labute approximate surface area is 114 Å². The summed E-state index contributed by atoms with van der Waals surface area (Å²) < 4.78 is 1.26. The van der Waals surface area contributed by atoms with Gasteiger partial charge in [0, 0.05) is 21.6 Å². The quantitative estimate of drug-likeness (QED) is 0.851. The van der Waals surface area contributed by atoms with Crippen molar-refractivity contribution in [2.45, 2.75) is 18.8 Å². The van der Waals surface area contributed by atoms with Gasteiger partial charge in [-0.3, -0.25) is 0 Å². The summed E-state index contributed by atoms with van der Waals surface area (Å²) in [4.78, 5) is 1.46. The van der Waals surface area contributed by atoms with Crippen molar-refractivity contribution in [1.82, 2.24) is 0 Å². The molecule has 1 aromatic heterocycles. The van der Waals surface area contributed by atoms with Crippen LogP contribution in [0.3, 0.4) is 0 Å². The number of thiophene rings is 1. The van der Waals surface area contributed by atoms with Crippen LogP contribution in [-0.2, 0) is 6.42 Å². The third kappa shape index (κ3) is 2.26. The van der Waals surface area contributed by atoms with E-state index in [1.165, 1.54) is 27.0 Å². The number of benzene rings is 1. The molecule has 0 aliphatic carbocycles. The van der Waals surface area contributed by atoms with Crippen LogP contribution in [0.25, 0.3) is 0 Å². The number of hydrogen-bond acceptors (Lipinski definition) is 2. The van der Waals surface area contributed by atoms with Crippen LogP contribution in [0.1, 0.15) is 22.8 Å². The number of nitrogens with one attached hydrogen (secondary N) is 1. The van der Waals surface area contributed by atoms with Gasteiger partial charge < -0.3 is 5.32 Å². The van der Waals surface area contributed by atoms with Crippen LogP contribution < -0.4 is 5.32 Å². The fraction of sp³-hybridized carbons (Fsp3) is 0.286. The molecule has 0 amide bonds. The number of fused-ring (bicyclic) bond motifs is 1. The van der Waals surface area contributed by atoms with E-state index < -0.39 is 0 Å². The molecule has 0 spiro atoms. The number of anilines is 1. The second-order valence-electron chi connectivity index (χ2n) is 4.40. The Morgan fingerprint density at radius 3 is 3.00 bits per heavy atom. The van der Waals surface area contributed by atoms with Gasteiger partial charge in [0.1, 0.15) is 0 Å². The molecule has 2 aromatic rings. The van der Waals surface area contributed by atoms with E-state index in [-0.39, 0.29) is 0 Å². The van der Waals surface area contributed by atoms with Crippen LogP contribution in [0, 0.1) is 0 Å². The SMILES string of the molecule is Brc1ccsc1CC1CCNc2ccccc21. The molecule has 1 aliphatic rings. The highest BCUT2D eigenvalue weighted by molar-refractivity contribution is 9.10. The molecule has 1 nitrogen and oxygen atoms in total. The monoisotopic (exact) mass is 307 g/mol. The van der Waals surface area contributed by atoms with Crippen LogP contribution in [0.15, 0.2) is 40.2 Å². The minimum Gasteiger partial charge on any atom is -0.385 e. The maximum atomic E-state index is 3.63. The van der Waals surface area contributed by atoms with Gasteiger partial charge in [-0.2, -0.15) is 0 Å². The lowest BCUT2D eigenvalue weighted by Gasteiger charge is -2.26. The summed E-state index contributed by atoms with van der Waals surface area (Å²) in [6.45, 7) is 1.09. The van der Waals surface area contributed by atoms with Gasteiger partial charge in [-0.25, -0.2) is 0 Å². The predicted octanol–water partition coefficient (Wildman–Crippen LogP) is 4.65. The van der Waals surface area contributed by atoms with Gasteiger partial charge in [-0.1, -0.05) is 18.2 Å². The van der Waals surface area contributed by atoms with Crippen LogP contribution in [0.2, 0.25) is 0 Å². The zero-order valence-corrected chi connectivity index (χ0v) is 11.9.